The Kier molecular flexibility index (Phi) is 5.56. The Bertz CT molecular complexity index is 447. The minimum absolute atomic E-state index is 0.190. The zero-order valence-electron chi connectivity index (χ0n) is 12.0. The molecule has 1 atom stereocenters. The first-order valence-electron chi connectivity index (χ1n) is 7.25. The Hall–Kier alpha value is -1.39. The molecule has 0 bridgehead atoms. The maximum absolute atomic E-state index is 10.9. The third-order valence-electron chi connectivity index (χ3n) is 4.02. The van der Waals surface area contributed by atoms with E-state index >= 15 is 0 Å². The molecule has 0 amide bonds. The maximum atomic E-state index is 10.9. The number of methoxy groups -OCH3 is 1. The van der Waals surface area contributed by atoms with E-state index in [-0.39, 0.29) is 12.6 Å². The summed E-state index contributed by atoms with van der Waals surface area (Å²) in [6.45, 7) is 1.89. The molecule has 1 aliphatic heterocycles. The van der Waals surface area contributed by atoms with Crippen molar-refractivity contribution in [1.29, 1.82) is 0 Å². The lowest BCUT2D eigenvalue weighted by Gasteiger charge is -2.29. The average molecular weight is 277 g/mol. The molecule has 1 unspecified atom stereocenters. The molecular formula is C16H23NO3. The van der Waals surface area contributed by atoms with Crippen LogP contribution in [0.15, 0.2) is 18.2 Å². The van der Waals surface area contributed by atoms with Gasteiger partial charge in [-0.1, -0.05) is 12.8 Å². The molecule has 1 N–H and O–H groups in total. The first-order valence-corrected chi connectivity index (χ1v) is 7.25. The number of rotatable bonds is 5. The van der Waals surface area contributed by atoms with E-state index in [2.05, 4.69) is 4.90 Å². The van der Waals surface area contributed by atoms with Crippen molar-refractivity contribution < 1.29 is 14.6 Å². The molecular weight excluding hydrogens is 254 g/mol. The second kappa shape index (κ2) is 7.41. The van der Waals surface area contributed by atoms with E-state index < -0.39 is 0 Å². The van der Waals surface area contributed by atoms with Gasteiger partial charge in [0.2, 0.25) is 0 Å². The Morgan fingerprint density at radius 3 is 2.95 bits per heavy atom. The lowest BCUT2D eigenvalue weighted by molar-refractivity contribution is 0.112. The van der Waals surface area contributed by atoms with Gasteiger partial charge in [-0.15, -0.1) is 0 Å². The van der Waals surface area contributed by atoms with Crippen LogP contribution in [0, 0.1) is 0 Å². The number of hydrogen-bond acceptors (Lipinski definition) is 4. The highest BCUT2D eigenvalue weighted by atomic mass is 16.5. The van der Waals surface area contributed by atoms with Gasteiger partial charge < -0.3 is 9.84 Å². The van der Waals surface area contributed by atoms with Crippen LogP contribution >= 0.6 is 0 Å². The number of ether oxygens (including phenoxy) is 1. The monoisotopic (exact) mass is 277 g/mol. The van der Waals surface area contributed by atoms with E-state index in [1.54, 1.807) is 13.2 Å². The molecule has 1 saturated heterocycles. The Labute approximate surface area is 120 Å². The van der Waals surface area contributed by atoms with Gasteiger partial charge in [0.15, 0.2) is 0 Å². The normalized spacial score (nSPS) is 20.4. The lowest BCUT2D eigenvalue weighted by atomic mass is 10.1. The molecule has 1 heterocycles. The van der Waals surface area contributed by atoms with Crippen molar-refractivity contribution in [1.82, 2.24) is 4.90 Å². The van der Waals surface area contributed by atoms with Crippen molar-refractivity contribution in [2.45, 2.75) is 38.3 Å². The Balaban J connectivity index is 2.19. The average Bonchev–Trinajstić information content (AvgIpc) is 2.72. The largest absolute Gasteiger partial charge is 0.496 e. The van der Waals surface area contributed by atoms with Gasteiger partial charge in [-0.3, -0.25) is 9.69 Å². The Morgan fingerprint density at radius 1 is 1.40 bits per heavy atom. The highest BCUT2D eigenvalue weighted by Crippen LogP contribution is 2.25. The summed E-state index contributed by atoms with van der Waals surface area (Å²) in [5.74, 6) is 0.802. The molecule has 2 rings (SSSR count). The van der Waals surface area contributed by atoms with Crippen molar-refractivity contribution in [3.8, 4) is 5.75 Å². The van der Waals surface area contributed by atoms with Gasteiger partial charge in [0.05, 0.1) is 13.7 Å². The van der Waals surface area contributed by atoms with Crippen molar-refractivity contribution in [2.24, 2.45) is 0 Å². The zero-order chi connectivity index (χ0) is 14.4. The highest BCUT2D eigenvalue weighted by Gasteiger charge is 2.21. The summed E-state index contributed by atoms with van der Waals surface area (Å²) in [6.07, 6.45) is 5.44. The highest BCUT2D eigenvalue weighted by molar-refractivity contribution is 5.75. The summed E-state index contributed by atoms with van der Waals surface area (Å²) in [7, 11) is 1.64. The maximum Gasteiger partial charge on any atom is 0.150 e. The van der Waals surface area contributed by atoms with Gasteiger partial charge in [-0.05, 0) is 37.6 Å². The predicted octanol–water partition coefficient (Wildman–Crippen LogP) is 2.24. The number of aliphatic hydroxyl groups excluding tert-OH is 1. The molecule has 0 spiro atoms. The number of carbonyl (C=O) groups is 1. The van der Waals surface area contributed by atoms with Gasteiger partial charge in [0.25, 0.3) is 0 Å². The lowest BCUT2D eigenvalue weighted by Crippen LogP contribution is -2.37. The summed E-state index contributed by atoms with van der Waals surface area (Å²) in [5.41, 5.74) is 1.67. The van der Waals surface area contributed by atoms with Crippen LogP contribution in [0.1, 0.15) is 41.6 Å². The molecule has 1 fully saturated rings. The molecule has 0 aliphatic carbocycles. The van der Waals surface area contributed by atoms with E-state index in [0.29, 0.717) is 5.56 Å². The molecule has 0 radical (unpaired) electrons. The quantitative estimate of drug-likeness (QED) is 0.839. The van der Waals surface area contributed by atoms with Crippen molar-refractivity contribution >= 4 is 6.29 Å². The van der Waals surface area contributed by atoms with Crippen LogP contribution in [0.4, 0.5) is 0 Å². The molecule has 20 heavy (non-hydrogen) atoms. The molecule has 1 aromatic rings. The number of benzene rings is 1. The van der Waals surface area contributed by atoms with Gasteiger partial charge in [0, 0.05) is 23.7 Å². The SMILES string of the molecule is COc1ccc(C=O)cc1CN1CCCCCC1CO. The third kappa shape index (κ3) is 3.58. The van der Waals surface area contributed by atoms with Crippen LogP contribution in [0.25, 0.3) is 0 Å². The third-order valence-corrected chi connectivity index (χ3v) is 4.02. The van der Waals surface area contributed by atoms with Crippen LogP contribution in [-0.4, -0.2) is 42.6 Å². The molecule has 4 nitrogen and oxygen atoms in total. The molecule has 1 aliphatic rings. The number of aldehydes is 1. The number of aliphatic hydroxyl groups is 1. The zero-order valence-corrected chi connectivity index (χ0v) is 12.0. The molecule has 0 saturated carbocycles. The van der Waals surface area contributed by atoms with Gasteiger partial charge in [0.1, 0.15) is 12.0 Å². The number of likely N-dealkylation sites (tertiary alicyclic amines) is 1. The minimum Gasteiger partial charge on any atom is -0.496 e. The van der Waals surface area contributed by atoms with E-state index in [1.807, 2.05) is 12.1 Å². The smallest absolute Gasteiger partial charge is 0.150 e. The first kappa shape index (κ1) is 15.0. The second-order valence-electron chi connectivity index (χ2n) is 5.35. The van der Waals surface area contributed by atoms with Gasteiger partial charge in [-0.25, -0.2) is 0 Å². The van der Waals surface area contributed by atoms with Crippen molar-refractivity contribution in [3.63, 3.8) is 0 Å². The summed E-state index contributed by atoms with van der Waals surface area (Å²) in [5, 5.41) is 9.56. The molecule has 1 aromatic carbocycles. The number of carbonyl (C=O) groups excluding carboxylic acids is 1. The van der Waals surface area contributed by atoms with Crippen LogP contribution in [0.3, 0.4) is 0 Å². The van der Waals surface area contributed by atoms with Crippen molar-refractivity contribution in [2.75, 3.05) is 20.3 Å². The van der Waals surface area contributed by atoms with Crippen LogP contribution in [0.5, 0.6) is 5.75 Å². The molecule has 110 valence electrons. The van der Waals surface area contributed by atoms with Gasteiger partial charge in [-0.2, -0.15) is 0 Å². The second-order valence-corrected chi connectivity index (χ2v) is 5.35. The number of nitrogens with zero attached hydrogens (tertiary/aromatic N) is 1. The summed E-state index contributed by atoms with van der Waals surface area (Å²) in [6, 6.07) is 5.69. The topological polar surface area (TPSA) is 49.8 Å². The van der Waals surface area contributed by atoms with Gasteiger partial charge >= 0.3 is 0 Å². The molecule has 4 heteroatoms. The fourth-order valence-electron chi connectivity index (χ4n) is 2.87. The van der Waals surface area contributed by atoms with E-state index in [4.69, 9.17) is 4.74 Å². The summed E-state index contributed by atoms with van der Waals surface area (Å²) in [4.78, 5) is 13.2. The fraction of sp³-hybridized carbons (Fsp3) is 0.562. The number of hydrogen-bond donors (Lipinski definition) is 1. The van der Waals surface area contributed by atoms with Crippen LogP contribution < -0.4 is 4.74 Å². The minimum atomic E-state index is 0.190. The fourth-order valence-corrected chi connectivity index (χ4v) is 2.87. The Morgan fingerprint density at radius 2 is 2.25 bits per heavy atom. The standard InChI is InChI=1S/C16H23NO3/c1-20-16-7-6-13(11-18)9-14(16)10-17-8-4-2-3-5-15(17)12-19/h6-7,9,11,15,19H,2-5,8,10,12H2,1H3. The molecule has 0 aromatic heterocycles. The van der Waals surface area contributed by atoms with E-state index in [9.17, 15) is 9.90 Å². The van der Waals surface area contributed by atoms with Crippen LogP contribution in [-0.2, 0) is 6.54 Å². The predicted molar refractivity (Wildman–Crippen MR) is 78.1 cm³/mol. The van der Waals surface area contributed by atoms with Crippen LogP contribution in [0.2, 0.25) is 0 Å². The van der Waals surface area contributed by atoms with E-state index in [1.165, 1.54) is 12.8 Å². The summed E-state index contributed by atoms with van der Waals surface area (Å²) >= 11 is 0. The summed E-state index contributed by atoms with van der Waals surface area (Å²) < 4.78 is 5.38. The first-order chi connectivity index (χ1) is 9.78. The van der Waals surface area contributed by atoms with Crippen molar-refractivity contribution in [3.05, 3.63) is 29.3 Å². The van der Waals surface area contributed by atoms with E-state index in [0.717, 1.165) is 43.5 Å².